The maximum absolute atomic E-state index is 3.71. The largest absolute Gasteiger partial charge is 0.316 e. The Kier molecular flexibility index (Phi) is 2.20. The number of hydrogen-bond donors (Lipinski definition) is 1. The second kappa shape index (κ2) is 3.61. The summed E-state index contributed by atoms with van der Waals surface area (Å²) in [4.78, 5) is 0. The lowest BCUT2D eigenvalue weighted by molar-refractivity contribution is -0.175. The van der Waals surface area contributed by atoms with Crippen LogP contribution in [0.2, 0.25) is 0 Å². The molecule has 0 aliphatic heterocycles. The first kappa shape index (κ1) is 14.6. The SMILES string of the molecule is CNC1CC2(C)C3C4=C5C6C(=C(C46)C(C)[C@]12C)C(C)C(C)CC53C. The van der Waals surface area contributed by atoms with Crippen LogP contribution in [0.1, 0.15) is 54.4 Å². The molecule has 1 N–H and O–H groups in total. The summed E-state index contributed by atoms with van der Waals surface area (Å²) in [5.74, 6) is 5.04. The summed E-state index contributed by atoms with van der Waals surface area (Å²) in [7, 11) is 2.20. The predicted octanol–water partition coefficient (Wildman–Crippen LogP) is 4.81. The van der Waals surface area contributed by atoms with Crippen LogP contribution in [0, 0.1) is 51.8 Å². The molecule has 0 saturated heterocycles. The molecule has 0 aromatic carbocycles. The zero-order chi connectivity index (χ0) is 17.0. The van der Waals surface area contributed by atoms with Gasteiger partial charge in [0.15, 0.2) is 0 Å². The van der Waals surface area contributed by atoms with Crippen LogP contribution in [0.4, 0.5) is 0 Å². The monoisotopic (exact) mass is 323 g/mol. The van der Waals surface area contributed by atoms with Crippen molar-refractivity contribution in [3.8, 4) is 0 Å². The van der Waals surface area contributed by atoms with E-state index in [1.165, 1.54) is 12.8 Å². The van der Waals surface area contributed by atoms with Gasteiger partial charge in [-0.25, -0.2) is 0 Å². The average Bonchev–Trinajstić information content (AvgIpc) is 2.57. The molecule has 1 heteroatoms. The molecule has 6 aliphatic rings. The lowest BCUT2D eigenvalue weighted by Crippen LogP contribution is -2.71. The van der Waals surface area contributed by atoms with E-state index in [1.807, 2.05) is 22.3 Å². The molecule has 24 heavy (non-hydrogen) atoms. The molecule has 6 rings (SSSR count). The van der Waals surface area contributed by atoms with Gasteiger partial charge in [0.2, 0.25) is 0 Å². The molecule has 3 saturated carbocycles. The van der Waals surface area contributed by atoms with Gasteiger partial charge in [-0.1, -0.05) is 63.8 Å². The van der Waals surface area contributed by atoms with Gasteiger partial charge in [0.25, 0.3) is 0 Å². The Hall–Kier alpha value is -0.560. The van der Waals surface area contributed by atoms with Crippen molar-refractivity contribution in [2.45, 2.75) is 60.4 Å². The third-order valence-electron chi connectivity index (χ3n) is 10.9. The van der Waals surface area contributed by atoms with Crippen LogP contribution in [0.15, 0.2) is 22.3 Å². The van der Waals surface area contributed by atoms with E-state index in [0.29, 0.717) is 22.3 Å². The van der Waals surface area contributed by atoms with Gasteiger partial charge in [-0.05, 0) is 59.8 Å². The third kappa shape index (κ3) is 1.00. The maximum atomic E-state index is 3.71. The standard InChI is InChI=1S/C23H33N/c1-10-8-21(4)19-17-14(11(10)2)15-12(3)23(6)13(24-7)9-22(23,5)20(21)18(19)16(15)17/h10-13,16-17,20,24H,8-9H2,1-7H3/t10?,11?,12?,13?,16?,17?,20?,21?,22?,23-/m1/s1. The Morgan fingerprint density at radius 2 is 1.62 bits per heavy atom. The van der Waals surface area contributed by atoms with E-state index >= 15 is 0 Å². The molecule has 1 nitrogen and oxygen atoms in total. The number of allylic oxidation sites excluding steroid dienone is 4. The Morgan fingerprint density at radius 3 is 2.29 bits per heavy atom. The fourth-order valence-corrected chi connectivity index (χ4v) is 9.55. The molecule has 3 fully saturated rings. The Labute approximate surface area is 147 Å². The van der Waals surface area contributed by atoms with E-state index in [4.69, 9.17) is 0 Å². The van der Waals surface area contributed by atoms with Crippen molar-refractivity contribution in [3.63, 3.8) is 0 Å². The highest BCUT2D eigenvalue weighted by atomic mass is 15.0. The van der Waals surface area contributed by atoms with Crippen LogP contribution in [0.5, 0.6) is 0 Å². The van der Waals surface area contributed by atoms with Crippen molar-refractivity contribution in [2.24, 2.45) is 51.8 Å². The number of rotatable bonds is 1. The number of fused-ring (bicyclic) bond motifs is 3. The second-order valence-corrected chi connectivity index (χ2v) is 11.0. The second-order valence-electron chi connectivity index (χ2n) is 11.0. The molecule has 9 unspecified atom stereocenters. The molecule has 0 amide bonds. The highest BCUT2D eigenvalue weighted by molar-refractivity contribution is 5.68. The molecule has 0 heterocycles. The van der Waals surface area contributed by atoms with Gasteiger partial charge in [0, 0.05) is 17.9 Å². The molecule has 6 aliphatic carbocycles. The Morgan fingerprint density at radius 1 is 0.917 bits per heavy atom. The topological polar surface area (TPSA) is 12.0 Å². The molecule has 0 radical (unpaired) electrons. The molecule has 0 spiro atoms. The first-order valence-electron chi connectivity index (χ1n) is 10.4. The van der Waals surface area contributed by atoms with Crippen molar-refractivity contribution < 1.29 is 0 Å². The Balaban J connectivity index is 1.66. The average molecular weight is 324 g/mol. The predicted molar refractivity (Wildman–Crippen MR) is 98.4 cm³/mol. The van der Waals surface area contributed by atoms with Crippen LogP contribution >= 0.6 is 0 Å². The molecule has 0 aromatic heterocycles. The summed E-state index contributed by atoms with van der Waals surface area (Å²) in [6.07, 6.45) is 2.81. The summed E-state index contributed by atoms with van der Waals surface area (Å²) >= 11 is 0. The van der Waals surface area contributed by atoms with E-state index < -0.39 is 0 Å². The van der Waals surface area contributed by atoms with Gasteiger partial charge in [0.05, 0.1) is 0 Å². The lowest BCUT2D eigenvalue weighted by atomic mass is 9.30. The summed E-state index contributed by atoms with van der Waals surface area (Å²) in [6, 6.07) is 0.698. The minimum absolute atomic E-state index is 0.426. The number of hydrogen-bond acceptors (Lipinski definition) is 1. The van der Waals surface area contributed by atoms with Crippen LogP contribution in [-0.2, 0) is 0 Å². The van der Waals surface area contributed by atoms with E-state index in [0.717, 1.165) is 35.5 Å². The van der Waals surface area contributed by atoms with Gasteiger partial charge in [-0.2, -0.15) is 0 Å². The highest BCUT2D eigenvalue weighted by Crippen LogP contribution is 2.87. The minimum Gasteiger partial charge on any atom is -0.316 e. The van der Waals surface area contributed by atoms with Crippen LogP contribution in [-0.4, -0.2) is 13.1 Å². The van der Waals surface area contributed by atoms with Crippen molar-refractivity contribution in [1.82, 2.24) is 5.32 Å². The van der Waals surface area contributed by atoms with Crippen molar-refractivity contribution in [3.05, 3.63) is 22.3 Å². The highest BCUT2D eigenvalue weighted by Gasteiger charge is 2.81. The van der Waals surface area contributed by atoms with Crippen LogP contribution in [0.3, 0.4) is 0 Å². The van der Waals surface area contributed by atoms with Gasteiger partial charge in [-0.3, -0.25) is 0 Å². The van der Waals surface area contributed by atoms with E-state index in [1.54, 1.807) is 0 Å². The molecular weight excluding hydrogens is 290 g/mol. The van der Waals surface area contributed by atoms with Crippen LogP contribution < -0.4 is 5.32 Å². The third-order valence-corrected chi connectivity index (χ3v) is 10.9. The molecule has 130 valence electrons. The fourth-order valence-electron chi connectivity index (χ4n) is 9.55. The summed E-state index contributed by atoms with van der Waals surface area (Å²) in [5, 5.41) is 3.71. The quantitative estimate of drug-likeness (QED) is 0.683. The lowest BCUT2D eigenvalue weighted by Gasteiger charge is -2.74. The Bertz CT molecular complexity index is 758. The van der Waals surface area contributed by atoms with Gasteiger partial charge >= 0.3 is 0 Å². The number of nitrogens with one attached hydrogen (secondary N) is 1. The van der Waals surface area contributed by atoms with E-state index in [2.05, 4.69) is 53.9 Å². The van der Waals surface area contributed by atoms with E-state index in [-0.39, 0.29) is 0 Å². The normalized spacial score (nSPS) is 64.9. The molecular formula is C23H33N. The summed E-state index contributed by atoms with van der Waals surface area (Å²) < 4.78 is 0. The van der Waals surface area contributed by atoms with E-state index in [9.17, 15) is 0 Å². The molecule has 0 bridgehead atoms. The van der Waals surface area contributed by atoms with Crippen LogP contribution in [0.25, 0.3) is 0 Å². The zero-order valence-electron chi connectivity index (χ0n) is 16.5. The van der Waals surface area contributed by atoms with Gasteiger partial charge in [-0.15, -0.1) is 0 Å². The van der Waals surface area contributed by atoms with Crippen molar-refractivity contribution in [1.29, 1.82) is 0 Å². The smallest absolute Gasteiger partial charge is 0.0135 e. The summed E-state index contributed by atoms with van der Waals surface area (Å²) in [6.45, 7) is 15.6. The zero-order valence-corrected chi connectivity index (χ0v) is 16.5. The first-order chi connectivity index (χ1) is 11.2. The fraction of sp³-hybridized carbons (Fsp3) is 0.826. The maximum Gasteiger partial charge on any atom is 0.0135 e. The molecule has 0 aromatic rings. The van der Waals surface area contributed by atoms with Gasteiger partial charge in [0.1, 0.15) is 0 Å². The minimum atomic E-state index is 0.426. The molecule has 10 atom stereocenters. The summed E-state index contributed by atoms with van der Waals surface area (Å²) in [5.41, 5.74) is 9.15. The van der Waals surface area contributed by atoms with Gasteiger partial charge < -0.3 is 5.32 Å². The van der Waals surface area contributed by atoms with Crippen molar-refractivity contribution >= 4 is 0 Å². The van der Waals surface area contributed by atoms with Crippen molar-refractivity contribution in [2.75, 3.05) is 7.05 Å². The first-order valence-corrected chi connectivity index (χ1v) is 10.4.